The maximum atomic E-state index is 12.2. The topological polar surface area (TPSA) is 78.9 Å². The van der Waals surface area contributed by atoms with Gasteiger partial charge in [0.15, 0.2) is 0 Å². The quantitative estimate of drug-likeness (QED) is 0.794. The number of hydrogen-bond donors (Lipinski definition) is 2. The summed E-state index contributed by atoms with van der Waals surface area (Å²) >= 11 is 0. The molecule has 0 aromatic carbocycles. The number of ether oxygens (including phenoxy) is 1. The summed E-state index contributed by atoms with van der Waals surface area (Å²) in [5.41, 5.74) is 0. The Balaban J connectivity index is 1.98. The van der Waals surface area contributed by atoms with Crippen molar-refractivity contribution in [1.82, 2.24) is 10.2 Å². The first-order chi connectivity index (χ1) is 9.45. The minimum absolute atomic E-state index is 0.0399. The fraction of sp³-hybridized carbons (Fsp3) is 0.857. The number of nitrogens with one attached hydrogen (secondary N) is 1. The average molecular weight is 284 g/mol. The fourth-order valence-electron chi connectivity index (χ4n) is 3.65. The van der Waals surface area contributed by atoms with E-state index in [0.717, 1.165) is 19.3 Å². The summed E-state index contributed by atoms with van der Waals surface area (Å²) in [6.07, 6.45) is 2.93. The van der Waals surface area contributed by atoms with Gasteiger partial charge < -0.3 is 20.1 Å². The Morgan fingerprint density at radius 2 is 2.05 bits per heavy atom. The maximum Gasteiger partial charge on any atom is 0.317 e. The second-order valence-corrected chi connectivity index (χ2v) is 6.09. The first kappa shape index (κ1) is 15.1. The second-order valence-electron chi connectivity index (χ2n) is 6.09. The van der Waals surface area contributed by atoms with Gasteiger partial charge in [-0.3, -0.25) is 4.79 Å². The Kier molecular flexibility index (Phi) is 4.52. The Labute approximate surface area is 119 Å². The van der Waals surface area contributed by atoms with Crippen molar-refractivity contribution in [1.29, 1.82) is 0 Å². The number of hydrogen-bond acceptors (Lipinski definition) is 3. The molecule has 6 nitrogen and oxygen atoms in total. The average Bonchev–Trinajstić information content (AvgIpc) is 2.98. The lowest BCUT2D eigenvalue weighted by Crippen LogP contribution is -2.52. The minimum atomic E-state index is -0.782. The van der Waals surface area contributed by atoms with Gasteiger partial charge in [-0.15, -0.1) is 0 Å². The van der Waals surface area contributed by atoms with E-state index >= 15 is 0 Å². The van der Waals surface area contributed by atoms with E-state index in [1.54, 1.807) is 19.1 Å². The van der Waals surface area contributed by atoms with E-state index in [1.165, 1.54) is 0 Å². The van der Waals surface area contributed by atoms with Gasteiger partial charge in [0.1, 0.15) is 0 Å². The molecule has 0 saturated heterocycles. The van der Waals surface area contributed by atoms with Crippen LogP contribution in [-0.4, -0.2) is 54.9 Å². The van der Waals surface area contributed by atoms with Crippen LogP contribution < -0.4 is 5.32 Å². The highest BCUT2D eigenvalue weighted by Crippen LogP contribution is 2.48. The number of fused-ring (bicyclic) bond motifs is 2. The van der Waals surface area contributed by atoms with Gasteiger partial charge in [-0.05, 0) is 38.0 Å². The normalized spacial score (nSPS) is 33.0. The summed E-state index contributed by atoms with van der Waals surface area (Å²) in [7, 11) is 3.31. The molecule has 2 aliphatic carbocycles. The number of methoxy groups -OCH3 is 1. The van der Waals surface area contributed by atoms with Crippen molar-refractivity contribution in [3.8, 4) is 0 Å². The number of amides is 2. The molecule has 2 saturated carbocycles. The Hall–Kier alpha value is -1.30. The summed E-state index contributed by atoms with van der Waals surface area (Å²) < 4.78 is 5.04. The summed E-state index contributed by atoms with van der Waals surface area (Å²) in [6, 6.07) is -0.476. The summed E-state index contributed by atoms with van der Waals surface area (Å²) in [6.45, 7) is 2.36. The predicted molar refractivity (Wildman–Crippen MR) is 73.4 cm³/mol. The largest absolute Gasteiger partial charge is 0.481 e. The molecule has 0 aromatic heterocycles. The van der Waals surface area contributed by atoms with Crippen LogP contribution in [0, 0.1) is 17.8 Å². The Morgan fingerprint density at radius 1 is 1.40 bits per heavy atom. The molecule has 0 radical (unpaired) electrons. The summed E-state index contributed by atoms with van der Waals surface area (Å²) in [5, 5.41) is 12.3. The third kappa shape index (κ3) is 2.75. The highest BCUT2D eigenvalue weighted by atomic mass is 16.5. The van der Waals surface area contributed by atoms with Crippen molar-refractivity contribution in [2.75, 3.05) is 20.8 Å². The molecule has 114 valence electrons. The molecule has 2 N–H and O–H groups in total. The number of likely N-dealkylation sites (N-methyl/N-ethyl adjacent to an activating group) is 1. The van der Waals surface area contributed by atoms with Crippen molar-refractivity contribution in [3.63, 3.8) is 0 Å². The van der Waals surface area contributed by atoms with Crippen LogP contribution in [0.4, 0.5) is 4.79 Å². The standard InChI is InChI=1S/C14H24N2O4/c1-8(7-20-3)16(2)14(19)15-12-10-5-4-9(6-10)11(12)13(17)18/h8-12H,4-7H2,1-3H3,(H,15,19)(H,17,18). The SMILES string of the molecule is COCC(C)N(C)C(=O)NC1C2CCC(C2)C1C(=O)O. The molecule has 20 heavy (non-hydrogen) atoms. The van der Waals surface area contributed by atoms with Gasteiger partial charge in [0.25, 0.3) is 0 Å². The Bertz CT molecular complexity index is 387. The zero-order chi connectivity index (χ0) is 14.9. The van der Waals surface area contributed by atoms with Crippen LogP contribution in [0.15, 0.2) is 0 Å². The monoisotopic (exact) mass is 284 g/mol. The van der Waals surface area contributed by atoms with Gasteiger partial charge in [-0.2, -0.15) is 0 Å². The molecular formula is C14H24N2O4. The number of carboxylic acid groups (broad SMARTS) is 1. The smallest absolute Gasteiger partial charge is 0.317 e. The first-order valence-electron chi connectivity index (χ1n) is 7.20. The maximum absolute atomic E-state index is 12.2. The summed E-state index contributed by atoms with van der Waals surface area (Å²) in [5.74, 6) is -0.667. The fourth-order valence-corrected chi connectivity index (χ4v) is 3.65. The van der Waals surface area contributed by atoms with Crippen LogP contribution in [0.5, 0.6) is 0 Å². The summed E-state index contributed by atoms with van der Waals surface area (Å²) in [4.78, 5) is 25.2. The van der Waals surface area contributed by atoms with Crippen LogP contribution >= 0.6 is 0 Å². The van der Waals surface area contributed by atoms with E-state index in [2.05, 4.69) is 5.32 Å². The molecule has 2 bridgehead atoms. The third-order valence-corrected chi connectivity index (χ3v) is 4.88. The number of carbonyl (C=O) groups excluding carboxylic acids is 1. The highest BCUT2D eigenvalue weighted by molar-refractivity contribution is 5.77. The van der Waals surface area contributed by atoms with Gasteiger partial charge >= 0.3 is 12.0 Å². The molecule has 5 atom stereocenters. The predicted octanol–water partition coefficient (Wildman–Crippen LogP) is 1.16. The molecule has 2 rings (SSSR count). The lowest BCUT2D eigenvalue weighted by atomic mass is 9.84. The Morgan fingerprint density at radius 3 is 2.65 bits per heavy atom. The van der Waals surface area contributed by atoms with Gasteiger partial charge in [-0.1, -0.05) is 0 Å². The highest BCUT2D eigenvalue weighted by Gasteiger charge is 2.51. The number of urea groups is 1. The number of aliphatic carboxylic acids is 1. The molecule has 2 fully saturated rings. The lowest BCUT2D eigenvalue weighted by Gasteiger charge is -2.32. The molecule has 6 heteroatoms. The van der Waals surface area contributed by atoms with Crippen molar-refractivity contribution in [2.45, 2.75) is 38.3 Å². The number of carboxylic acids is 1. The van der Waals surface area contributed by atoms with Crippen LogP contribution in [0.3, 0.4) is 0 Å². The van der Waals surface area contributed by atoms with E-state index in [4.69, 9.17) is 4.74 Å². The zero-order valence-corrected chi connectivity index (χ0v) is 12.3. The van der Waals surface area contributed by atoms with Gasteiger partial charge in [-0.25, -0.2) is 4.79 Å². The molecule has 5 unspecified atom stereocenters. The molecule has 0 aliphatic heterocycles. The molecule has 0 spiro atoms. The van der Waals surface area contributed by atoms with Gasteiger partial charge in [0.2, 0.25) is 0 Å². The zero-order valence-electron chi connectivity index (χ0n) is 12.3. The molecule has 0 aromatic rings. The number of rotatable bonds is 5. The number of nitrogens with zero attached hydrogens (tertiary/aromatic N) is 1. The second kappa shape index (κ2) is 5.99. The lowest BCUT2D eigenvalue weighted by molar-refractivity contribution is -0.144. The minimum Gasteiger partial charge on any atom is -0.481 e. The van der Waals surface area contributed by atoms with E-state index in [1.807, 2.05) is 6.92 Å². The molecule has 2 aliphatic rings. The van der Waals surface area contributed by atoms with Crippen LogP contribution in [0.25, 0.3) is 0 Å². The van der Waals surface area contributed by atoms with E-state index in [0.29, 0.717) is 12.5 Å². The molecule has 0 heterocycles. The molecule has 2 amide bonds. The van der Waals surface area contributed by atoms with E-state index in [-0.39, 0.29) is 24.0 Å². The van der Waals surface area contributed by atoms with Gasteiger partial charge in [0, 0.05) is 20.2 Å². The van der Waals surface area contributed by atoms with Crippen molar-refractivity contribution < 1.29 is 19.4 Å². The van der Waals surface area contributed by atoms with E-state index < -0.39 is 11.9 Å². The van der Waals surface area contributed by atoms with Crippen LogP contribution in [0.1, 0.15) is 26.2 Å². The van der Waals surface area contributed by atoms with Crippen LogP contribution in [0.2, 0.25) is 0 Å². The first-order valence-corrected chi connectivity index (χ1v) is 7.20. The van der Waals surface area contributed by atoms with Crippen molar-refractivity contribution >= 4 is 12.0 Å². The number of carbonyl (C=O) groups is 2. The van der Waals surface area contributed by atoms with Crippen molar-refractivity contribution in [3.05, 3.63) is 0 Å². The van der Waals surface area contributed by atoms with Crippen LogP contribution in [-0.2, 0) is 9.53 Å². The molecular weight excluding hydrogens is 260 g/mol. The third-order valence-electron chi connectivity index (χ3n) is 4.88. The van der Waals surface area contributed by atoms with Gasteiger partial charge in [0.05, 0.1) is 18.6 Å². The van der Waals surface area contributed by atoms with E-state index in [9.17, 15) is 14.7 Å². The van der Waals surface area contributed by atoms with Crippen molar-refractivity contribution in [2.24, 2.45) is 17.8 Å².